The maximum atomic E-state index is 6.06. The van der Waals surface area contributed by atoms with E-state index in [0.29, 0.717) is 33.2 Å². The number of halogens is 2. The smallest absolute Gasteiger partial charge is 0.247 e. The summed E-state index contributed by atoms with van der Waals surface area (Å²) >= 11 is 12.0. The second-order valence-electron chi connectivity index (χ2n) is 4.26. The van der Waals surface area contributed by atoms with Crippen LogP contribution in [0.15, 0.2) is 23.3 Å². The van der Waals surface area contributed by atoms with Crippen LogP contribution in [0.3, 0.4) is 0 Å². The number of hydrogen-bond acceptors (Lipinski definition) is 6. The van der Waals surface area contributed by atoms with Crippen LogP contribution in [-0.4, -0.2) is 30.4 Å². The van der Waals surface area contributed by atoms with Gasteiger partial charge in [-0.3, -0.25) is 0 Å². The molecule has 0 saturated heterocycles. The van der Waals surface area contributed by atoms with E-state index in [4.69, 9.17) is 32.7 Å². The fraction of sp³-hybridized carbons (Fsp3) is 0.214. The highest BCUT2D eigenvalue weighted by Crippen LogP contribution is 2.31. The Morgan fingerprint density at radius 1 is 1.14 bits per heavy atom. The van der Waals surface area contributed by atoms with Gasteiger partial charge in [0.15, 0.2) is 0 Å². The Labute approximate surface area is 138 Å². The zero-order valence-electron chi connectivity index (χ0n) is 12.2. The zero-order valence-corrected chi connectivity index (χ0v) is 13.7. The van der Waals surface area contributed by atoms with Crippen molar-refractivity contribution in [2.45, 2.75) is 6.92 Å². The molecule has 2 rings (SSSR count). The Morgan fingerprint density at radius 2 is 1.91 bits per heavy atom. The highest BCUT2D eigenvalue weighted by atomic mass is 35.5. The van der Waals surface area contributed by atoms with Crippen LogP contribution < -0.4 is 14.9 Å². The van der Waals surface area contributed by atoms with E-state index in [2.05, 4.69) is 20.5 Å². The molecule has 0 atom stereocenters. The van der Waals surface area contributed by atoms with Crippen LogP contribution in [0.5, 0.6) is 11.6 Å². The van der Waals surface area contributed by atoms with E-state index >= 15 is 0 Å². The summed E-state index contributed by atoms with van der Waals surface area (Å²) in [7, 11) is 3.06. The summed E-state index contributed by atoms with van der Waals surface area (Å²) in [6.07, 6.45) is 1.52. The van der Waals surface area contributed by atoms with E-state index < -0.39 is 0 Å². The van der Waals surface area contributed by atoms with Crippen LogP contribution in [-0.2, 0) is 0 Å². The Balaban J connectivity index is 2.21. The zero-order chi connectivity index (χ0) is 16.1. The monoisotopic (exact) mass is 340 g/mol. The molecule has 6 nitrogen and oxygen atoms in total. The molecule has 0 radical (unpaired) electrons. The van der Waals surface area contributed by atoms with Crippen molar-refractivity contribution >= 4 is 35.4 Å². The number of ether oxygens (including phenoxy) is 2. The van der Waals surface area contributed by atoms with Crippen LogP contribution in [0.4, 0.5) is 5.95 Å². The summed E-state index contributed by atoms with van der Waals surface area (Å²) in [6, 6.07) is 5.01. The minimum Gasteiger partial charge on any atom is -0.495 e. The van der Waals surface area contributed by atoms with Gasteiger partial charge in [0.1, 0.15) is 5.75 Å². The highest BCUT2D eigenvalue weighted by Gasteiger charge is 2.08. The molecule has 0 aliphatic heterocycles. The molecule has 1 aromatic carbocycles. The molecule has 116 valence electrons. The maximum absolute atomic E-state index is 6.06. The lowest BCUT2D eigenvalue weighted by Crippen LogP contribution is -2.01. The molecule has 8 heteroatoms. The molecule has 0 aliphatic carbocycles. The Bertz CT molecular complexity index is 707. The van der Waals surface area contributed by atoms with Crippen molar-refractivity contribution in [3.63, 3.8) is 0 Å². The second-order valence-corrected chi connectivity index (χ2v) is 5.10. The van der Waals surface area contributed by atoms with Crippen LogP contribution in [0.1, 0.15) is 11.3 Å². The first-order valence-corrected chi connectivity index (χ1v) is 7.01. The molecule has 1 N–H and O–H groups in total. The van der Waals surface area contributed by atoms with E-state index in [0.717, 1.165) is 5.69 Å². The third-order valence-corrected chi connectivity index (χ3v) is 3.15. The lowest BCUT2D eigenvalue weighted by molar-refractivity contribution is 0.397. The van der Waals surface area contributed by atoms with Crippen molar-refractivity contribution in [3.8, 4) is 11.6 Å². The summed E-state index contributed by atoms with van der Waals surface area (Å²) < 4.78 is 10.3. The largest absolute Gasteiger partial charge is 0.495 e. The molecular weight excluding hydrogens is 327 g/mol. The Morgan fingerprint density at radius 3 is 2.59 bits per heavy atom. The van der Waals surface area contributed by atoms with Gasteiger partial charge in [0, 0.05) is 22.3 Å². The first-order valence-electron chi connectivity index (χ1n) is 6.25. The van der Waals surface area contributed by atoms with Crippen molar-refractivity contribution in [2.75, 3.05) is 19.6 Å². The van der Waals surface area contributed by atoms with Crippen molar-refractivity contribution in [2.24, 2.45) is 5.10 Å². The molecule has 0 aliphatic rings. The highest BCUT2D eigenvalue weighted by molar-refractivity contribution is 6.36. The number of methoxy groups -OCH3 is 2. The van der Waals surface area contributed by atoms with Gasteiger partial charge in [0.25, 0.3) is 0 Å². The van der Waals surface area contributed by atoms with Gasteiger partial charge in [-0.15, -0.1) is 0 Å². The van der Waals surface area contributed by atoms with E-state index in [1.807, 2.05) is 6.92 Å². The minimum atomic E-state index is 0.320. The molecule has 1 aromatic heterocycles. The van der Waals surface area contributed by atoms with Crippen molar-refractivity contribution < 1.29 is 9.47 Å². The van der Waals surface area contributed by atoms with Crippen LogP contribution >= 0.6 is 23.2 Å². The molecule has 1 heterocycles. The lowest BCUT2D eigenvalue weighted by Gasteiger charge is -2.07. The SMILES string of the molecule is COc1cc(C)nc(NN=Cc2cc(Cl)cc(Cl)c2OC)n1. The van der Waals surface area contributed by atoms with Gasteiger partial charge in [0.05, 0.1) is 25.5 Å². The van der Waals surface area contributed by atoms with E-state index in [-0.39, 0.29) is 0 Å². The van der Waals surface area contributed by atoms with Gasteiger partial charge in [-0.25, -0.2) is 10.4 Å². The van der Waals surface area contributed by atoms with Crippen molar-refractivity contribution in [3.05, 3.63) is 39.5 Å². The van der Waals surface area contributed by atoms with Gasteiger partial charge < -0.3 is 9.47 Å². The summed E-state index contributed by atoms with van der Waals surface area (Å²) in [5, 5.41) is 4.96. The normalized spacial score (nSPS) is 10.8. The van der Waals surface area contributed by atoms with Crippen molar-refractivity contribution in [1.29, 1.82) is 0 Å². The molecule has 0 saturated carbocycles. The number of nitrogens with one attached hydrogen (secondary N) is 1. The van der Waals surface area contributed by atoms with Crippen LogP contribution in [0, 0.1) is 6.92 Å². The predicted molar refractivity (Wildman–Crippen MR) is 87.6 cm³/mol. The molecule has 0 bridgehead atoms. The molecule has 2 aromatic rings. The molecule has 0 fully saturated rings. The van der Waals surface area contributed by atoms with Crippen LogP contribution in [0.2, 0.25) is 10.0 Å². The number of aryl methyl sites for hydroxylation is 1. The lowest BCUT2D eigenvalue weighted by atomic mass is 10.2. The molecule has 0 unspecified atom stereocenters. The average molecular weight is 341 g/mol. The fourth-order valence-electron chi connectivity index (χ4n) is 1.75. The number of rotatable bonds is 5. The van der Waals surface area contributed by atoms with E-state index in [9.17, 15) is 0 Å². The Kier molecular flexibility index (Phi) is 5.41. The third-order valence-electron chi connectivity index (χ3n) is 2.65. The molecule has 0 spiro atoms. The van der Waals surface area contributed by atoms with Gasteiger partial charge in [0.2, 0.25) is 11.8 Å². The number of hydrogen-bond donors (Lipinski definition) is 1. The summed E-state index contributed by atoms with van der Waals surface area (Å²) in [5.41, 5.74) is 4.11. The Hall–Kier alpha value is -2.05. The van der Waals surface area contributed by atoms with E-state index in [1.165, 1.54) is 20.4 Å². The number of nitrogens with zero attached hydrogens (tertiary/aromatic N) is 3. The maximum Gasteiger partial charge on any atom is 0.247 e. The number of aromatic nitrogens is 2. The molecular formula is C14H14Cl2N4O2. The molecule has 0 amide bonds. The van der Waals surface area contributed by atoms with Crippen LogP contribution in [0.25, 0.3) is 0 Å². The number of benzene rings is 1. The van der Waals surface area contributed by atoms with Gasteiger partial charge in [-0.05, 0) is 19.1 Å². The number of hydrazone groups is 1. The summed E-state index contributed by atoms with van der Waals surface area (Å²) in [4.78, 5) is 8.31. The van der Waals surface area contributed by atoms with Gasteiger partial charge >= 0.3 is 0 Å². The molecule has 22 heavy (non-hydrogen) atoms. The first-order chi connectivity index (χ1) is 10.5. The quantitative estimate of drug-likeness (QED) is 0.665. The second kappa shape index (κ2) is 7.29. The predicted octanol–water partition coefficient (Wildman–Crippen LogP) is 3.56. The minimum absolute atomic E-state index is 0.320. The third kappa shape index (κ3) is 3.99. The average Bonchev–Trinajstić information content (AvgIpc) is 2.46. The van der Waals surface area contributed by atoms with Crippen molar-refractivity contribution in [1.82, 2.24) is 9.97 Å². The van der Waals surface area contributed by atoms with Gasteiger partial charge in [-0.1, -0.05) is 23.2 Å². The number of anilines is 1. The summed E-state index contributed by atoms with van der Waals surface area (Å²) in [5.74, 6) is 1.26. The standard InChI is InChI=1S/C14H14Cl2N4O2/c1-8-4-12(21-2)19-14(18-8)20-17-7-9-5-10(15)6-11(16)13(9)22-3/h4-7H,1-3H3,(H,18,19,20). The van der Waals surface area contributed by atoms with Gasteiger partial charge in [-0.2, -0.15) is 10.1 Å². The summed E-state index contributed by atoms with van der Waals surface area (Å²) in [6.45, 7) is 1.83. The van der Waals surface area contributed by atoms with E-state index in [1.54, 1.807) is 18.2 Å². The fourth-order valence-corrected chi connectivity index (χ4v) is 2.33. The first kappa shape index (κ1) is 16.3. The topological polar surface area (TPSA) is 68.6 Å².